The second kappa shape index (κ2) is 11.1. The summed E-state index contributed by atoms with van der Waals surface area (Å²) in [6.07, 6.45) is 2.06. The topological polar surface area (TPSA) is 126 Å². The van der Waals surface area contributed by atoms with Gasteiger partial charge in [0, 0.05) is 12.8 Å². The molecule has 0 aliphatic carbocycles. The third-order valence-electron chi connectivity index (χ3n) is 5.22. The van der Waals surface area contributed by atoms with Crippen LogP contribution >= 0.6 is 0 Å². The number of aliphatic hydroxyl groups is 1. The van der Waals surface area contributed by atoms with Gasteiger partial charge in [-0.3, -0.25) is 19.3 Å². The van der Waals surface area contributed by atoms with Gasteiger partial charge in [0.25, 0.3) is 5.56 Å². The largest absolute Gasteiger partial charge is 0.494 e. The minimum absolute atomic E-state index is 0.116. The third-order valence-corrected chi connectivity index (χ3v) is 5.22. The molecule has 0 amide bonds. The first-order chi connectivity index (χ1) is 16.0. The average Bonchev–Trinajstić information content (AvgIpc) is 2.83. The Balaban J connectivity index is 1.81. The molecule has 1 aromatic heterocycles. The number of aromatic nitrogens is 2. The van der Waals surface area contributed by atoms with Crippen LogP contribution in [0.3, 0.4) is 0 Å². The number of nitrogens with zero attached hydrogens (tertiary/aromatic N) is 2. The number of aliphatic imine (C=N–C) groups is 1. The van der Waals surface area contributed by atoms with Gasteiger partial charge in [0.05, 0.1) is 26.9 Å². The number of benzene rings is 2. The summed E-state index contributed by atoms with van der Waals surface area (Å²) < 4.78 is 11.6. The van der Waals surface area contributed by atoms with Crippen LogP contribution in [0.4, 0.5) is 0 Å². The standard InChI is InChI=1S/C24H27N3O6/c1-32-20-9-8-17(13-21(20)33-2)10-11-27-23(30)19(22(29)26-24(27)31)14-25-18(15-28)12-16-6-4-3-5-7-16/h3-9,13-14,18,28,30H,10-12,15H2,1-2H3,(H,26,29,31)/t18-/m0/s1. The van der Waals surface area contributed by atoms with Gasteiger partial charge in [-0.15, -0.1) is 0 Å². The van der Waals surface area contributed by atoms with Crippen LogP contribution in [0.15, 0.2) is 63.1 Å². The van der Waals surface area contributed by atoms with E-state index >= 15 is 0 Å². The number of aryl methyl sites for hydroxylation is 1. The highest BCUT2D eigenvalue weighted by Crippen LogP contribution is 2.27. The van der Waals surface area contributed by atoms with Crippen LogP contribution in [0.25, 0.3) is 0 Å². The van der Waals surface area contributed by atoms with Gasteiger partial charge in [0.2, 0.25) is 5.88 Å². The number of aromatic hydroxyl groups is 1. The minimum Gasteiger partial charge on any atom is -0.494 e. The fourth-order valence-electron chi connectivity index (χ4n) is 3.41. The molecule has 0 aliphatic heterocycles. The number of ether oxygens (including phenoxy) is 2. The fraction of sp³-hybridized carbons (Fsp3) is 0.292. The molecule has 9 nitrogen and oxygen atoms in total. The second-order valence-corrected chi connectivity index (χ2v) is 7.39. The summed E-state index contributed by atoms with van der Waals surface area (Å²) in [5, 5.41) is 20.3. The van der Waals surface area contributed by atoms with Crippen molar-refractivity contribution >= 4 is 6.21 Å². The molecule has 0 spiro atoms. The van der Waals surface area contributed by atoms with Gasteiger partial charge in [-0.1, -0.05) is 36.4 Å². The zero-order chi connectivity index (χ0) is 23.8. The normalized spacial score (nSPS) is 12.1. The lowest BCUT2D eigenvalue weighted by Gasteiger charge is -2.12. The van der Waals surface area contributed by atoms with Crippen molar-refractivity contribution in [1.82, 2.24) is 9.55 Å². The zero-order valence-electron chi connectivity index (χ0n) is 18.5. The van der Waals surface area contributed by atoms with E-state index < -0.39 is 23.2 Å². The Bertz CT molecular complexity index is 1220. The van der Waals surface area contributed by atoms with Crippen LogP contribution in [-0.2, 0) is 19.4 Å². The molecule has 1 atom stereocenters. The lowest BCUT2D eigenvalue weighted by atomic mass is 10.1. The van der Waals surface area contributed by atoms with E-state index in [1.54, 1.807) is 19.2 Å². The molecular formula is C24H27N3O6. The van der Waals surface area contributed by atoms with Crippen LogP contribution in [0.1, 0.15) is 16.7 Å². The van der Waals surface area contributed by atoms with E-state index in [-0.39, 0.29) is 18.7 Å². The number of H-pyrrole nitrogens is 1. The maximum absolute atomic E-state index is 12.3. The summed E-state index contributed by atoms with van der Waals surface area (Å²) >= 11 is 0. The van der Waals surface area contributed by atoms with Crippen molar-refractivity contribution in [1.29, 1.82) is 0 Å². The van der Waals surface area contributed by atoms with E-state index in [9.17, 15) is 19.8 Å². The van der Waals surface area contributed by atoms with Crippen molar-refractivity contribution in [2.45, 2.75) is 25.4 Å². The molecule has 0 fully saturated rings. The lowest BCUT2D eigenvalue weighted by molar-refractivity contribution is 0.266. The Hall–Kier alpha value is -3.85. The quantitative estimate of drug-likeness (QED) is 0.400. The van der Waals surface area contributed by atoms with Crippen molar-refractivity contribution in [2.24, 2.45) is 4.99 Å². The van der Waals surface area contributed by atoms with Gasteiger partial charge < -0.3 is 19.7 Å². The van der Waals surface area contributed by atoms with Crippen molar-refractivity contribution in [3.05, 3.63) is 86.1 Å². The number of hydrogen-bond donors (Lipinski definition) is 3. The number of methoxy groups -OCH3 is 2. The molecule has 0 unspecified atom stereocenters. The van der Waals surface area contributed by atoms with Crippen LogP contribution in [-0.4, -0.2) is 52.8 Å². The predicted octanol–water partition coefficient (Wildman–Crippen LogP) is 1.52. The Morgan fingerprint density at radius 3 is 2.45 bits per heavy atom. The molecule has 0 saturated carbocycles. The van der Waals surface area contributed by atoms with Gasteiger partial charge in [0.15, 0.2) is 11.5 Å². The van der Waals surface area contributed by atoms with E-state index in [4.69, 9.17) is 9.47 Å². The summed E-state index contributed by atoms with van der Waals surface area (Å²) in [4.78, 5) is 31.1. The molecule has 0 saturated heterocycles. The molecule has 9 heteroatoms. The van der Waals surface area contributed by atoms with Gasteiger partial charge in [-0.25, -0.2) is 4.79 Å². The van der Waals surface area contributed by atoms with E-state index in [1.165, 1.54) is 13.3 Å². The van der Waals surface area contributed by atoms with E-state index in [1.807, 2.05) is 36.4 Å². The maximum atomic E-state index is 12.3. The van der Waals surface area contributed by atoms with E-state index in [0.717, 1.165) is 15.7 Å². The first kappa shape index (κ1) is 23.8. The van der Waals surface area contributed by atoms with Gasteiger partial charge >= 0.3 is 5.69 Å². The Morgan fingerprint density at radius 1 is 1.06 bits per heavy atom. The second-order valence-electron chi connectivity index (χ2n) is 7.39. The molecule has 33 heavy (non-hydrogen) atoms. The number of hydrogen-bond acceptors (Lipinski definition) is 7. The smallest absolute Gasteiger partial charge is 0.331 e. The monoisotopic (exact) mass is 453 g/mol. The molecule has 2 aromatic carbocycles. The molecule has 0 bridgehead atoms. The number of aromatic amines is 1. The minimum atomic E-state index is -0.750. The number of aliphatic hydroxyl groups excluding tert-OH is 1. The summed E-state index contributed by atoms with van der Waals surface area (Å²) in [5.74, 6) is 0.649. The van der Waals surface area contributed by atoms with Crippen LogP contribution < -0.4 is 20.7 Å². The van der Waals surface area contributed by atoms with Crippen molar-refractivity contribution in [2.75, 3.05) is 20.8 Å². The molecule has 174 valence electrons. The van der Waals surface area contributed by atoms with Crippen molar-refractivity contribution in [3.8, 4) is 17.4 Å². The SMILES string of the molecule is COc1ccc(CCn2c(O)c(C=N[C@H](CO)Cc3ccccc3)c(=O)[nH]c2=O)cc1OC. The molecule has 3 aromatic rings. The highest BCUT2D eigenvalue weighted by molar-refractivity contribution is 5.82. The van der Waals surface area contributed by atoms with Crippen LogP contribution in [0.5, 0.6) is 17.4 Å². The van der Waals surface area contributed by atoms with E-state index in [0.29, 0.717) is 24.3 Å². The van der Waals surface area contributed by atoms with Gasteiger partial charge in [-0.05, 0) is 36.1 Å². The first-order valence-corrected chi connectivity index (χ1v) is 10.4. The first-order valence-electron chi connectivity index (χ1n) is 10.4. The lowest BCUT2D eigenvalue weighted by Crippen LogP contribution is -2.33. The molecule has 0 aliphatic rings. The van der Waals surface area contributed by atoms with Crippen LogP contribution in [0.2, 0.25) is 0 Å². The summed E-state index contributed by atoms with van der Waals surface area (Å²) in [7, 11) is 3.07. The van der Waals surface area contributed by atoms with Gasteiger partial charge in [-0.2, -0.15) is 0 Å². The summed E-state index contributed by atoms with van der Waals surface area (Å²) in [6, 6.07) is 14.4. The van der Waals surface area contributed by atoms with Gasteiger partial charge in [0.1, 0.15) is 5.56 Å². The Morgan fingerprint density at radius 2 is 1.79 bits per heavy atom. The fourth-order valence-corrected chi connectivity index (χ4v) is 3.41. The van der Waals surface area contributed by atoms with Crippen molar-refractivity contribution in [3.63, 3.8) is 0 Å². The third kappa shape index (κ3) is 5.89. The predicted molar refractivity (Wildman–Crippen MR) is 125 cm³/mol. The number of rotatable bonds is 10. The summed E-state index contributed by atoms with van der Waals surface area (Å²) in [6.45, 7) is -0.117. The highest BCUT2D eigenvalue weighted by atomic mass is 16.5. The zero-order valence-corrected chi connectivity index (χ0v) is 18.5. The average molecular weight is 453 g/mol. The molecule has 3 rings (SSSR count). The molecule has 3 N–H and O–H groups in total. The molecular weight excluding hydrogens is 426 g/mol. The molecule has 0 radical (unpaired) electrons. The Labute approximate surface area is 190 Å². The maximum Gasteiger partial charge on any atom is 0.331 e. The van der Waals surface area contributed by atoms with Crippen LogP contribution in [0, 0.1) is 0 Å². The highest BCUT2D eigenvalue weighted by Gasteiger charge is 2.14. The Kier molecular flexibility index (Phi) is 8.04. The van der Waals surface area contributed by atoms with Crippen molar-refractivity contribution < 1.29 is 19.7 Å². The number of nitrogens with one attached hydrogen (secondary N) is 1. The molecule has 1 heterocycles. The van der Waals surface area contributed by atoms with E-state index in [2.05, 4.69) is 9.98 Å². The summed E-state index contributed by atoms with van der Waals surface area (Å²) in [5.41, 5.74) is 0.210.